The molecule has 0 heterocycles. The molecule has 0 saturated carbocycles. The maximum atomic E-state index is 13.3. The molecule has 0 aliphatic rings. The van der Waals surface area contributed by atoms with Gasteiger partial charge in [0.05, 0.1) is 6.61 Å². The van der Waals surface area contributed by atoms with Crippen molar-refractivity contribution < 1.29 is 24.2 Å². The second-order valence-corrected chi connectivity index (χ2v) is 9.68. The molecule has 0 saturated heterocycles. The lowest BCUT2D eigenvalue weighted by Gasteiger charge is -2.35. The van der Waals surface area contributed by atoms with Crippen LogP contribution < -0.4 is 10.6 Å². The Morgan fingerprint density at radius 1 is 1.13 bits per heavy atom. The van der Waals surface area contributed by atoms with Crippen molar-refractivity contribution in [2.24, 2.45) is 0 Å². The van der Waals surface area contributed by atoms with Gasteiger partial charge in [-0.15, -0.1) is 0 Å². The number of alkyl carbamates (subject to hydrolysis) is 1. The molecular weight excluding hydrogens is 398 g/mol. The van der Waals surface area contributed by atoms with Crippen LogP contribution in [0.4, 0.5) is 4.79 Å². The number of aliphatic hydroxyl groups is 1. The van der Waals surface area contributed by atoms with Gasteiger partial charge in [-0.2, -0.15) is 0 Å². The smallest absolute Gasteiger partial charge is 0.408 e. The number of amides is 3. The van der Waals surface area contributed by atoms with E-state index >= 15 is 0 Å². The minimum atomic E-state index is -0.971. The molecule has 0 aliphatic heterocycles. The molecule has 2 unspecified atom stereocenters. The quantitative estimate of drug-likeness (QED) is 0.610. The Hall–Kier alpha value is -2.61. The van der Waals surface area contributed by atoms with E-state index in [9.17, 15) is 19.5 Å². The Morgan fingerprint density at radius 3 is 2.23 bits per heavy atom. The van der Waals surface area contributed by atoms with Crippen LogP contribution in [0.5, 0.6) is 0 Å². The molecule has 0 spiro atoms. The first kappa shape index (κ1) is 26.4. The molecule has 31 heavy (non-hydrogen) atoms. The van der Waals surface area contributed by atoms with Crippen molar-refractivity contribution in [3.63, 3.8) is 0 Å². The molecule has 0 aliphatic carbocycles. The standard InChI is InChI=1S/C23H37N3O5/c1-15-10-9-11-17(14-15)18(19(28)25-22(3,4)5)26(12-13-27)20(29)16(2)24-21(30)31-23(6,7)8/h9-11,14,16,18,27H,12-13H2,1-8H3,(H,24,30)(H,25,28). The first-order valence-corrected chi connectivity index (χ1v) is 10.4. The fourth-order valence-corrected chi connectivity index (χ4v) is 3.02. The summed E-state index contributed by atoms with van der Waals surface area (Å²) in [6.45, 7) is 13.7. The van der Waals surface area contributed by atoms with Crippen molar-refractivity contribution in [1.82, 2.24) is 15.5 Å². The molecule has 0 radical (unpaired) electrons. The van der Waals surface area contributed by atoms with Crippen LogP contribution in [0.2, 0.25) is 0 Å². The average molecular weight is 436 g/mol. The number of carbonyl (C=O) groups excluding carboxylic acids is 3. The first-order valence-electron chi connectivity index (χ1n) is 10.4. The number of benzene rings is 1. The number of nitrogens with one attached hydrogen (secondary N) is 2. The van der Waals surface area contributed by atoms with Gasteiger partial charge in [0.15, 0.2) is 0 Å². The van der Waals surface area contributed by atoms with Crippen molar-refractivity contribution in [3.8, 4) is 0 Å². The van der Waals surface area contributed by atoms with Crippen LogP contribution in [0.25, 0.3) is 0 Å². The van der Waals surface area contributed by atoms with Gasteiger partial charge in [-0.05, 0) is 61.0 Å². The van der Waals surface area contributed by atoms with Gasteiger partial charge in [-0.25, -0.2) is 4.79 Å². The number of hydrogen-bond donors (Lipinski definition) is 3. The van der Waals surface area contributed by atoms with Crippen molar-refractivity contribution in [2.75, 3.05) is 13.2 Å². The fraction of sp³-hybridized carbons (Fsp3) is 0.609. The van der Waals surface area contributed by atoms with Crippen LogP contribution in [0.15, 0.2) is 24.3 Å². The van der Waals surface area contributed by atoms with Crippen LogP contribution in [0.3, 0.4) is 0 Å². The summed E-state index contributed by atoms with van der Waals surface area (Å²) in [6.07, 6.45) is -0.733. The van der Waals surface area contributed by atoms with E-state index in [2.05, 4.69) is 10.6 Å². The molecule has 3 N–H and O–H groups in total. The van der Waals surface area contributed by atoms with Crippen molar-refractivity contribution >= 4 is 17.9 Å². The molecule has 0 fully saturated rings. The van der Waals surface area contributed by atoms with Gasteiger partial charge in [0.25, 0.3) is 0 Å². The molecule has 3 amide bonds. The van der Waals surface area contributed by atoms with Crippen molar-refractivity contribution in [2.45, 2.75) is 78.6 Å². The summed E-state index contributed by atoms with van der Waals surface area (Å²) in [5, 5.41) is 15.1. The zero-order chi connectivity index (χ0) is 24.0. The molecule has 1 aromatic rings. The zero-order valence-corrected chi connectivity index (χ0v) is 19.9. The summed E-state index contributed by atoms with van der Waals surface area (Å²) in [5.41, 5.74) is 0.317. The van der Waals surface area contributed by atoms with Gasteiger partial charge in [0, 0.05) is 12.1 Å². The van der Waals surface area contributed by atoms with Gasteiger partial charge < -0.3 is 25.4 Å². The minimum Gasteiger partial charge on any atom is -0.444 e. The van der Waals surface area contributed by atoms with E-state index < -0.39 is 35.2 Å². The minimum absolute atomic E-state index is 0.0741. The normalized spacial score (nSPS) is 13.7. The lowest BCUT2D eigenvalue weighted by molar-refractivity contribution is -0.143. The van der Waals surface area contributed by atoms with Gasteiger partial charge in [0.2, 0.25) is 11.8 Å². The largest absolute Gasteiger partial charge is 0.444 e. The number of aryl methyl sites for hydroxylation is 1. The number of carbonyl (C=O) groups is 3. The Balaban J connectivity index is 3.27. The summed E-state index contributed by atoms with van der Waals surface area (Å²) < 4.78 is 5.22. The summed E-state index contributed by atoms with van der Waals surface area (Å²) >= 11 is 0. The monoisotopic (exact) mass is 435 g/mol. The second kappa shape index (κ2) is 10.6. The number of aliphatic hydroxyl groups excluding tert-OH is 1. The molecule has 1 aromatic carbocycles. The predicted octanol–water partition coefficient (Wildman–Crippen LogP) is 2.68. The Kier molecular flexibility index (Phi) is 9.05. The maximum absolute atomic E-state index is 13.3. The molecule has 8 heteroatoms. The highest BCUT2D eigenvalue weighted by molar-refractivity contribution is 5.92. The second-order valence-electron chi connectivity index (χ2n) is 9.68. The summed E-state index contributed by atoms with van der Waals surface area (Å²) in [5.74, 6) is -0.875. The van der Waals surface area contributed by atoms with Crippen LogP contribution in [-0.2, 0) is 14.3 Å². The third kappa shape index (κ3) is 8.96. The molecular formula is C23H37N3O5. The topological polar surface area (TPSA) is 108 Å². The van der Waals surface area contributed by atoms with Gasteiger partial charge in [0.1, 0.15) is 17.7 Å². The Bertz CT molecular complexity index is 780. The van der Waals surface area contributed by atoms with E-state index in [0.29, 0.717) is 5.56 Å². The van der Waals surface area contributed by atoms with Gasteiger partial charge in [-0.3, -0.25) is 9.59 Å². The van der Waals surface area contributed by atoms with Crippen molar-refractivity contribution in [1.29, 1.82) is 0 Å². The Labute approximate surface area is 185 Å². The molecule has 0 aromatic heterocycles. The molecule has 1 rings (SSSR count). The Morgan fingerprint density at radius 2 is 1.74 bits per heavy atom. The van der Waals surface area contributed by atoms with E-state index in [1.807, 2.05) is 45.9 Å². The molecule has 0 bridgehead atoms. The van der Waals surface area contributed by atoms with E-state index in [1.54, 1.807) is 26.8 Å². The summed E-state index contributed by atoms with van der Waals surface area (Å²) in [6, 6.07) is 5.37. The third-order valence-corrected chi connectivity index (χ3v) is 4.14. The van der Waals surface area contributed by atoms with E-state index in [1.165, 1.54) is 11.8 Å². The van der Waals surface area contributed by atoms with E-state index in [4.69, 9.17) is 4.74 Å². The molecule has 8 nitrogen and oxygen atoms in total. The lowest BCUT2D eigenvalue weighted by Crippen LogP contribution is -2.54. The van der Waals surface area contributed by atoms with E-state index in [0.717, 1.165) is 5.56 Å². The zero-order valence-electron chi connectivity index (χ0n) is 19.9. The van der Waals surface area contributed by atoms with Crippen LogP contribution in [0, 0.1) is 6.92 Å². The number of rotatable bonds is 7. The molecule has 174 valence electrons. The summed E-state index contributed by atoms with van der Waals surface area (Å²) in [4.78, 5) is 39.9. The van der Waals surface area contributed by atoms with Crippen LogP contribution in [0.1, 0.15) is 65.6 Å². The van der Waals surface area contributed by atoms with Gasteiger partial charge in [-0.1, -0.05) is 29.8 Å². The third-order valence-electron chi connectivity index (χ3n) is 4.14. The highest BCUT2D eigenvalue weighted by Crippen LogP contribution is 2.24. The first-order chi connectivity index (χ1) is 14.1. The predicted molar refractivity (Wildman–Crippen MR) is 119 cm³/mol. The van der Waals surface area contributed by atoms with Crippen LogP contribution >= 0.6 is 0 Å². The van der Waals surface area contributed by atoms with E-state index in [-0.39, 0.29) is 19.1 Å². The highest BCUT2D eigenvalue weighted by Gasteiger charge is 2.35. The fourth-order valence-electron chi connectivity index (χ4n) is 3.02. The average Bonchev–Trinajstić information content (AvgIpc) is 2.57. The highest BCUT2D eigenvalue weighted by atomic mass is 16.6. The van der Waals surface area contributed by atoms with Crippen LogP contribution in [-0.4, -0.2) is 58.2 Å². The van der Waals surface area contributed by atoms with Crippen molar-refractivity contribution in [3.05, 3.63) is 35.4 Å². The van der Waals surface area contributed by atoms with Gasteiger partial charge >= 0.3 is 6.09 Å². The molecule has 2 atom stereocenters. The number of ether oxygens (including phenoxy) is 1. The lowest BCUT2D eigenvalue weighted by atomic mass is 9.99. The maximum Gasteiger partial charge on any atom is 0.408 e. The SMILES string of the molecule is Cc1cccc(C(C(=O)NC(C)(C)C)N(CCO)C(=O)C(C)NC(=O)OC(C)(C)C)c1. The summed E-state index contributed by atoms with van der Waals surface area (Å²) in [7, 11) is 0. The number of nitrogens with zero attached hydrogens (tertiary/aromatic N) is 1. The number of hydrogen-bond acceptors (Lipinski definition) is 5.